The fraction of sp³-hybridized carbons (Fsp3) is 0.865. The first-order chi connectivity index (χ1) is 45.1. The van der Waals surface area contributed by atoms with E-state index in [0.29, 0.717) is 0 Å². The first-order valence-electron chi connectivity index (χ1n) is 42.9. The number of aryl methyl sites for hydroxylation is 2. The highest BCUT2D eigenvalue weighted by Crippen LogP contribution is 2.20. The van der Waals surface area contributed by atoms with Gasteiger partial charge in [-0.3, -0.25) is 0 Å². The molecule has 0 aromatic heterocycles. The summed E-state index contributed by atoms with van der Waals surface area (Å²) in [5.74, 6) is 0. The van der Waals surface area contributed by atoms with Crippen molar-refractivity contribution in [2.24, 2.45) is 0 Å². The lowest BCUT2D eigenvalue weighted by Gasteiger charge is -2.20. The van der Waals surface area contributed by atoms with Crippen LogP contribution in [-0.4, -0.2) is 26.7 Å². The van der Waals surface area contributed by atoms with Crippen molar-refractivity contribution in [1.82, 2.24) is 0 Å². The van der Waals surface area contributed by atoms with Gasteiger partial charge < -0.3 is 9.80 Å². The van der Waals surface area contributed by atoms with Crippen LogP contribution in [0, 0.1) is 0 Å². The summed E-state index contributed by atoms with van der Waals surface area (Å²) in [4.78, 5) is 3.35. The van der Waals surface area contributed by atoms with Gasteiger partial charge in [0.25, 0.3) is 0 Å². The summed E-state index contributed by atoms with van der Waals surface area (Å²) in [5, 5.41) is 0. The third-order valence-electron chi connectivity index (χ3n) is 21.0. The lowest BCUT2D eigenvalue weighted by atomic mass is 10.0. The first-order valence-corrected chi connectivity index (χ1v) is 42.9. The molecular formula is C89H170N2+2. The molecule has 0 spiro atoms. The lowest BCUT2D eigenvalue weighted by Crippen LogP contribution is -3.07. The van der Waals surface area contributed by atoms with Crippen LogP contribution in [0.2, 0.25) is 0 Å². The number of benzene rings is 2. The summed E-state index contributed by atoms with van der Waals surface area (Å²) in [6.07, 6.45) is 97.7. The molecule has 0 heterocycles. The second-order valence-corrected chi connectivity index (χ2v) is 30.1. The number of nitrogens with one attached hydrogen (secondary N) is 2. The van der Waals surface area contributed by atoms with Crippen molar-refractivity contribution in [1.29, 1.82) is 0 Å². The molecule has 1 atom stereocenters. The molecule has 0 bridgehead atoms. The molecule has 2 nitrogen and oxygen atoms in total. The van der Waals surface area contributed by atoms with Crippen LogP contribution in [0.1, 0.15) is 470 Å². The Labute approximate surface area is 575 Å². The van der Waals surface area contributed by atoms with Crippen LogP contribution in [0.3, 0.4) is 0 Å². The largest absolute Gasteiger partial charge is 0.305 e. The van der Waals surface area contributed by atoms with E-state index in [1.165, 1.54) is 468 Å². The summed E-state index contributed by atoms with van der Waals surface area (Å²) in [6.45, 7) is 15.5. The molecule has 2 aromatic rings. The predicted molar refractivity (Wildman–Crippen MR) is 415 cm³/mol. The molecule has 0 aliphatic rings. The number of quaternary nitrogens is 2. The molecule has 0 aliphatic heterocycles. The van der Waals surface area contributed by atoms with Crippen LogP contribution in [0.5, 0.6) is 0 Å². The van der Waals surface area contributed by atoms with Gasteiger partial charge in [-0.1, -0.05) is 431 Å². The molecule has 0 saturated carbocycles. The van der Waals surface area contributed by atoms with Crippen LogP contribution in [-0.2, 0) is 12.8 Å². The van der Waals surface area contributed by atoms with Gasteiger partial charge in [0.05, 0.1) is 26.7 Å². The third kappa shape index (κ3) is 62.9. The Morgan fingerprint density at radius 3 is 0.549 bits per heavy atom. The monoisotopic (exact) mass is 1270 g/mol. The Kier molecular flexibility index (Phi) is 71.2. The maximum absolute atomic E-state index is 2.50. The normalized spacial score (nSPS) is 11.9. The highest BCUT2D eigenvalue weighted by atomic mass is 15.1. The highest BCUT2D eigenvalue weighted by Gasteiger charge is 2.13. The zero-order valence-electron chi connectivity index (χ0n) is 63.8. The third-order valence-corrected chi connectivity index (χ3v) is 21.0. The van der Waals surface area contributed by atoms with Gasteiger partial charge in [0, 0.05) is 0 Å². The van der Waals surface area contributed by atoms with Gasteiger partial charge >= 0.3 is 0 Å². The summed E-state index contributed by atoms with van der Waals surface area (Å²) >= 11 is 0. The molecule has 0 amide bonds. The van der Waals surface area contributed by atoms with Gasteiger partial charge in [0.1, 0.15) is 11.4 Å². The van der Waals surface area contributed by atoms with Crippen LogP contribution in [0.15, 0.2) is 48.5 Å². The van der Waals surface area contributed by atoms with Gasteiger partial charge in [-0.05, 0) is 99.6 Å². The zero-order valence-corrected chi connectivity index (χ0v) is 63.8. The van der Waals surface area contributed by atoms with Crippen molar-refractivity contribution >= 4 is 11.4 Å². The summed E-state index contributed by atoms with van der Waals surface area (Å²) < 4.78 is 0. The van der Waals surface area contributed by atoms with E-state index in [2.05, 4.69) is 90.2 Å². The molecule has 91 heavy (non-hydrogen) atoms. The van der Waals surface area contributed by atoms with Crippen molar-refractivity contribution in [2.75, 3.05) is 26.7 Å². The topological polar surface area (TPSA) is 8.88 Å². The van der Waals surface area contributed by atoms with E-state index in [1.807, 2.05) is 0 Å². The molecule has 0 radical (unpaired) electrons. The SMILES string of the molecule is CCCCCCCCCCCCCCCCCC[NH+](C)c1ccc(CCCCCCCCCCC)cc1.CCCCCCCCCCCCCCCCCC[NH+](CCCCCCCCCCCCCCCCCC)c1ccc(CCCCCCCCCCC)cc1. The van der Waals surface area contributed by atoms with Crippen molar-refractivity contribution in [3.63, 3.8) is 0 Å². The summed E-state index contributed by atoms with van der Waals surface area (Å²) in [5.41, 5.74) is 6.12. The van der Waals surface area contributed by atoms with Crippen molar-refractivity contribution in [3.05, 3.63) is 59.7 Å². The van der Waals surface area contributed by atoms with Crippen molar-refractivity contribution in [2.45, 2.75) is 471 Å². The standard InChI is InChI=1S/C53H101N.C36H67N/c1-4-7-10-13-16-19-21-23-25-27-29-31-34-37-40-43-50-54(51-44-41-38-35-32-30-28-26-24-22-20-17-14-11-8-5-2)53-48-46-52(47-49-53)45-42-39-36-33-18-15-12-9-6-3;1-4-6-8-10-12-14-15-16-17-18-19-20-22-24-26-28-34-37(3)36-32-30-35(31-33-36)29-27-25-23-21-13-11-9-7-5-2/h46-49H,4-45,50-51H2,1-3H3;30-33H,4-29,34H2,1-3H3/p+2. The number of unbranched alkanes of at least 4 members (excludes halogenated alkanes) is 61. The fourth-order valence-electron chi connectivity index (χ4n) is 14.4. The minimum atomic E-state index is 1.26. The molecule has 2 heteroatoms. The van der Waals surface area contributed by atoms with Crippen LogP contribution in [0.4, 0.5) is 11.4 Å². The fourth-order valence-corrected chi connectivity index (χ4v) is 14.4. The quantitative estimate of drug-likeness (QED) is 0.0611. The molecule has 0 fully saturated rings. The van der Waals surface area contributed by atoms with Crippen LogP contribution >= 0.6 is 0 Å². The first kappa shape index (κ1) is 87.4. The van der Waals surface area contributed by atoms with E-state index >= 15 is 0 Å². The van der Waals surface area contributed by atoms with Gasteiger partial charge in [-0.25, -0.2) is 0 Å². The van der Waals surface area contributed by atoms with Gasteiger partial charge in [0.2, 0.25) is 0 Å². The summed E-state index contributed by atoms with van der Waals surface area (Å²) in [6, 6.07) is 19.5. The Hall–Kier alpha value is -1.64. The van der Waals surface area contributed by atoms with E-state index in [0.717, 1.165) is 0 Å². The highest BCUT2D eigenvalue weighted by molar-refractivity contribution is 5.33. The van der Waals surface area contributed by atoms with E-state index in [-0.39, 0.29) is 0 Å². The molecule has 2 N–H and O–H groups in total. The van der Waals surface area contributed by atoms with Gasteiger partial charge in [-0.2, -0.15) is 0 Å². The van der Waals surface area contributed by atoms with Crippen molar-refractivity contribution < 1.29 is 9.80 Å². The second kappa shape index (κ2) is 74.2. The lowest BCUT2D eigenvalue weighted by molar-refractivity contribution is -0.833. The maximum atomic E-state index is 2.50. The van der Waals surface area contributed by atoms with E-state index in [4.69, 9.17) is 0 Å². The Morgan fingerprint density at radius 2 is 0.341 bits per heavy atom. The van der Waals surface area contributed by atoms with Crippen LogP contribution in [0.25, 0.3) is 0 Å². The van der Waals surface area contributed by atoms with Crippen molar-refractivity contribution in [3.8, 4) is 0 Å². The Balaban J connectivity index is 0.000000976. The van der Waals surface area contributed by atoms with Gasteiger partial charge in [0.15, 0.2) is 0 Å². The van der Waals surface area contributed by atoms with E-state index in [1.54, 1.807) is 21.1 Å². The minimum absolute atomic E-state index is 1.26. The second-order valence-electron chi connectivity index (χ2n) is 30.1. The van der Waals surface area contributed by atoms with Crippen LogP contribution < -0.4 is 9.80 Å². The Bertz CT molecular complexity index is 1580. The van der Waals surface area contributed by atoms with E-state index < -0.39 is 0 Å². The smallest absolute Gasteiger partial charge is 0.131 e. The predicted octanol–water partition coefficient (Wildman–Crippen LogP) is 29.0. The average molecular weight is 1270 g/mol. The molecule has 2 rings (SSSR count). The molecule has 1 unspecified atom stereocenters. The van der Waals surface area contributed by atoms with E-state index in [9.17, 15) is 0 Å². The molecule has 2 aromatic carbocycles. The maximum Gasteiger partial charge on any atom is 0.131 e. The number of hydrogen-bond acceptors (Lipinski definition) is 0. The zero-order chi connectivity index (χ0) is 65.3. The number of hydrogen-bond donors (Lipinski definition) is 2. The van der Waals surface area contributed by atoms with Gasteiger partial charge in [-0.15, -0.1) is 0 Å². The average Bonchev–Trinajstić information content (AvgIpc) is 3.75. The molecular weight excluding hydrogens is 1100 g/mol. The summed E-state index contributed by atoms with van der Waals surface area (Å²) in [7, 11) is 2.35. The molecule has 0 aliphatic carbocycles. The Morgan fingerprint density at radius 1 is 0.176 bits per heavy atom. The minimum Gasteiger partial charge on any atom is -0.305 e. The molecule has 0 saturated heterocycles. The molecule has 534 valence electrons. The number of rotatable bonds is 73.